The first kappa shape index (κ1) is 22.4. The predicted octanol–water partition coefficient (Wildman–Crippen LogP) is 0.492. The van der Waals surface area contributed by atoms with Crippen molar-refractivity contribution < 1.29 is 19.1 Å². The van der Waals surface area contributed by atoms with Crippen LogP contribution in [0.5, 0.6) is 5.75 Å². The highest BCUT2D eigenvalue weighted by Gasteiger charge is 2.10. The molecule has 0 bridgehead atoms. The lowest BCUT2D eigenvalue weighted by molar-refractivity contribution is -0.121. The monoisotopic (exact) mass is 420 g/mol. The summed E-state index contributed by atoms with van der Waals surface area (Å²) in [6.07, 6.45) is -0.0402. The highest BCUT2D eigenvalue weighted by atomic mass is 32.2. The van der Waals surface area contributed by atoms with Gasteiger partial charge in [-0.2, -0.15) is 0 Å². The van der Waals surface area contributed by atoms with Crippen molar-refractivity contribution in [1.82, 2.24) is 20.6 Å². The number of carbonyl (C=O) groups excluding carboxylic acids is 2. The summed E-state index contributed by atoms with van der Waals surface area (Å²) >= 11 is 1.09. The van der Waals surface area contributed by atoms with Gasteiger partial charge in [-0.15, -0.1) is 0 Å². The Morgan fingerprint density at radius 3 is 2.76 bits per heavy atom. The van der Waals surface area contributed by atoms with Crippen LogP contribution in [-0.4, -0.2) is 54.9 Å². The van der Waals surface area contributed by atoms with Crippen LogP contribution in [-0.2, 0) is 27.3 Å². The first-order valence-corrected chi connectivity index (χ1v) is 9.87. The number of H-pyrrole nitrogens is 1. The first-order chi connectivity index (χ1) is 14.0. The molecule has 0 atom stereocenters. The number of carbonyl (C=O) groups is 2. The maximum absolute atomic E-state index is 12.2. The molecule has 0 aliphatic heterocycles. The number of aromatic nitrogens is 2. The third-order valence-electron chi connectivity index (χ3n) is 3.71. The van der Waals surface area contributed by atoms with E-state index in [1.54, 1.807) is 14.2 Å². The summed E-state index contributed by atoms with van der Waals surface area (Å²) in [5.41, 5.74) is 0.851. The van der Waals surface area contributed by atoms with Gasteiger partial charge in [0, 0.05) is 26.3 Å². The van der Waals surface area contributed by atoms with Gasteiger partial charge >= 0.3 is 0 Å². The van der Waals surface area contributed by atoms with Gasteiger partial charge in [0.05, 0.1) is 31.6 Å². The van der Waals surface area contributed by atoms with E-state index >= 15 is 0 Å². The fourth-order valence-corrected chi connectivity index (χ4v) is 3.05. The van der Waals surface area contributed by atoms with Crippen molar-refractivity contribution in [1.29, 1.82) is 0 Å². The molecule has 1 aromatic heterocycles. The second kappa shape index (κ2) is 11.9. The molecule has 1 aromatic carbocycles. The van der Waals surface area contributed by atoms with Crippen LogP contribution in [0.2, 0.25) is 0 Å². The number of thioether (sulfide) groups is 1. The Bertz CT molecular complexity index is 887. The van der Waals surface area contributed by atoms with Crippen LogP contribution in [0.3, 0.4) is 0 Å². The summed E-state index contributed by atoms with van der Waals surface area (Å²) in [6, 6.07) is 8.64. The van der Waals surface area contributed by atoms with E-state index in [4.69, 9.17) is 9.47 Å². The normalized spacial score (nSPS) is 10.4. The van der Waals surface area contributed by atoms with Crippen molar-refractivity contribution >= 4 is 23.6 Å². The third-order valence-corrected chi connectivity index (χ3v) is 4.58. The van der Waals surface area contributed by atoms with E-state index in [0.717, 1.165) is 17.3 Å². The van der Waals surface area contributed by atoms with Crippen molar-refractivity contribution in [2.24, 2.45) is 0 Å². The fraction of sp³-hybridized carbons (Fsp3) is 0.368. The zero-order chi connectivity index (χ0) is 21.1. The highest BCUT2D eigenvalue weighted by molar-refractivity contribution is 7.99. The Balaban J connectivity index is 1.87. The number of nitrogens with zero attached hydrogens (tertiary/aromatic N) is 1. The molecule has 10 heteroatoms. The van der Waals surface area contributed by atoms with E-state index < -0.39 is 0 Å². The number of benzene rings is 1. The lowest BCUT2D eigenvalue weighted by Gasteiger charge is -2.08. The summed E-state index contributed by atoms with van der Waals surface area (Å²) in [6.45, 7) is 1.17. The third kappa shape index (κ3) is 8.36. The van der Waals surface area contributed by atoms with Gasteiger partial charge in [-0.3, -0.25) is 14.4 Å². The quantitative estimate of drug-likeness (QED) is 0.275. The van der Waals surface area contributed by atoms with Gasteiger partial charge in [-0.1, -0.05) is 23.9 Å². The minimum Gasteiger partial charge on any atom is -0.497 e. The molecule has 156 valence electrons. The van der Waals surface area contributed by atoms with E-state index in [-0.39, 0.29) is 34.7 Å². The SMILES string of the molecule is COCCNC(=O)CSc1nc(CC(=O)NCc2cccc(OC)c2)cc(=O)[nH]1. The summed E-state index contributed by atoms with van der Waals surface area (Å²) in [5.74, 6) is 0.342. The molecule has 1 heterocycles. The van der Waals surface area contributed by atoms with Crippen molar-refractivity contribution in [3.05, 3.63) is 51.9 Å². The molecule has 0 spiro atoms. The molecule has 0 unspecified atom stereocenters. The van der Waals surface area contributed by atoms with Gasteiger partial charge in [-0.05, 0) is 17.7 Å². The van der Waals surface area contributed by atoms with Crippen LogP contribution in [0, 0.1) is 0 Å². The minimum absolute atomic E-state index is 0.0402. The second-order valence-electron chi connectivity index (χ2n) is 5.98. The number of hydrogen-bond acceptors (Lipinski definition) is 7. The van der Waals surface area contributed by atoms with Crippen molar-refractivity contribution in [3.8, 4) is 5.75 Å². The van der Waals surface area contributed by atoms with Gasteiger partial charge in [0.1, 0.15) is 5.75 Å². The molecule has 0 saturated carbocycles. The van der Waals surface area contributed by atoms with Crippen LogP contribution >= 0.6 is 11.8 Å². The predicted molar refractivity (Wildman–Crippen MR) is 109 cm³/mol. The summed E-state index contributed by atoms with van der Waals surface area (Å²) in [5, 5.41) is 5.75. The van der Waals surface area contributed by atoms with Crippen LogP contribution in [0.4, 0.5) is 0 Å². The molecule has 0 aliphatic carbocycles. The largest absolute Gasteiger partial charge is 0.497 e. The molecule has 0 fully saturated rings. The van der Waals surface area contributed by atoms with Crippen LogP contribution < -0.4 is 20.9 Å². The van der Waals surface area contributed by atoms with Crippen LogP contribution in [0.1, 0.15) is 11.3 Å². The average Bonchev–Trinajstić information content (AvgIpc) is 2.71. The number of rotatable bonds is 11. The van der Waals surface area contributed by atoms with E-state index in [0.29, 0.717) is 31.1 Å². The lowest BCUT2D eigenvalue weighted by Crippen LogP contribution is -2.28. The summed E-state index contributed by atoms with van der Waals surface area (Å²) in [4.78, 5) is 42.6. The van der Waals surface area contributed by atoms with Gasteiger partial charge in [0.15, 0.2) is 5.16 Å². The summed E-state index contributed by atoms with van der Waals surface area (Å²) in [7, 11) is 3.13. The topological polar surface area (TPSA) is 122 Å². The van der Waals surface area contributed by atoms with Crippen LogP contribution in [0.15, 0.2) is 40.3 Å². The van der Waals surface area contributed by atoms with E-state index in [1.807, 2.05) is 24.3 Å². The number of amides is 2. The summed E-state index contributed by atoms with van der Waals surface area (Å²) < 4.78 is 10.0. The zero-order valence-electron chi connectivity index (χ0n) is 16.3. The Hall–Kier alpha value is -2.85. The Kier molecular flexibility index (Phi) is 9.19. The molecule has 2 amide bonds. The Morgan fingerprint density at radius 1 is 1.17 bits per heavy atom. The van der Waals surface area contributed by atoms with Crippen LogP contribution in [0.25, 0.3) is 0 Å². The Labute approximate surface area is 172 Å². The molecule has 2 rings (SSSR count). The number of ether oxygens (including phenoxy) is 2. The molecule has 29 heavy (non-hydrogen) atoms. The fourth-order valence-electron chi connectivity index (χ4n) is 2.33. The molecule has 2 aromatic rings. The molecular formula is C19H24N4O5S. The Morgan fingerprint density at radius 2 is 2.00 bits per heavy atom. The van der Waals surface area contributed by atoms with Gasteiger partial charge < -0.3 is 25.1 Å². The van der Waals surface area contributed by atoms with Crippen molar-refractivity contribution in [2.45, 2.75) is 18.1 Å². The maximum atomic E-state index is 12.2. The zero-order valence-corrected chi connectivity index (χ0v) is 17.1. The molecule has 0 aliphatic rings. The average molecular weight is 420 g/mol. The standard InChI is InChI=1S/C19H24N4O5S/c1-27-7-6-20-18(26)12-29-19-22-14(10-17(25)23-19)9-16(24)21-11-13-4-3-5-15(8-13)28-2/h3-5,8,10H,6-7,9,11-12H2,1-2H3,(H,20,26)(H,21,24)(H,22,23,25). The number of hydrogen-bond donors (Lipinski definition) is 3. The number of nitrogens with one attached hydrogen (secondary N) is 3. The number of aromatic amines is 1. The molecule has 3 N–H and O–H groups in total. The second-order valence-corrected chi connectivity index (χ2v) is 6.94. The van der Waals surface area contributed by atoms with Crippen molar-refractivity contribution in [2.75, 3.05) is 33.1 Å². The minimum atomic E-state index is -0.377. The van der Waals surface area contributed by atoms with E-state index in [1.165, 1.54) is 6.07 Å². The van der Waals surface area contributed by atoms with Gasteiger partial charge in [-0.25, -0.2) is 4.98 Å². The highest BCUT2D eigenvalue weighted by Crippen LogP contribution is 2.13. The first-order valence-electron chi connectivity index (χ1n) is 8.88. The van der Waals surface area contributed by atoms with Gasteiger partial charge in [0.2, 0.25) is 11.8 Å². The lowest BCUT2D eigenvalue weighted by atomic mass is 10.2. The molecule has 0 radical (unpaired) electrons. The smallest absolute Gasteiger partial charge is 0.251 e. The van der Waals surface area contributed by atoms with Gasteiger partial charge in [0.25, 0.3) is 5.56 Å². The van der Waals surface area contributed by atoms with E-state index in [9.17, 15) is 14.4 Å². The maximum Gasteiger partial charge on any atom is 0.251 e. The molecular weight excluding hydrogens is 396 g/mol. The molecule has 0 saturated heterocycles. The van der Waals surface area contributed by atoms with E-state index in [2.05, 4.69) is 20.6 Å². The van der Waals surface area contributed by atoms with Crippen molar-refractivity contribution in [3.63, 3.8) is 0 Å². The molecule has 9 nitrogen and oxygen atoms in total. The number of methoxy groups -OCH3 is 2.